The number of aliphatic hydroxyl groups is 1. The number of nitrogens with zero attached hydrogens (tertiary/aromatic N) is 1. The van der Waals surface area contributed by atoms with Crippen LogP contribution in [0.5, 0.6) is 0 Å². The lowest BCUT2D eigenvalue weighted by Crippen LogP contribution is -2.48. The zero-order valence-electron chi connectivity index (χ0n) is 20.7. The number of carbonyl (C=O) groups excluding carboxylic acids is 1. The van der Waals surface area contributed by atoms with Crippen LogP contribution in [0.3, 0.4) is 0 Å². The SMILES string of the molecule is CCc1cccc(CNC[C@H](O)[C@H](Cc2cc(F)cc(F)c2)NC(=O)c2ccc(-n3cccc3)cc2)c1. The van der Waals surface area contributed by atoms with Crippen molar-refractivity contribution in [3.05, 3.63) is 125 Å². The molecule has 192 valence electrons. The molecule has 0 aliphatic heterocycles. The molecule has 0 saturated heterocycles. The Morgan fingerprint density at radius 1 is 0.892 bits per heavy atom. The van der Waals surface area contributed by atoms with Crippen molar-refractivity contribution >= 4 is 5.91 Å². The van der Waals surface area contributed by atoms with Crippen molar-refractivity contribution in [2.45, 2.75) is 38.5 Å². The smallest absolute Gasteiger partial charge is 0.251 e. The molecule has 0 unspecified atom stereocenters. The van der Waals surface area contributed by atoms with Crippen LogP contribution < -0.4 is 10.6 Å². The lowest BCUT2D eigenvalue weighted by atomic mass is 10.00. The first-order chi connectivity index (χ1) is 17.9. The molecular formula is C30H31F2N3O2. The third kappa shape index (κ3) is 7.35. The molecule has 2 atom stereocenters. The minimum Gasteiger partial charge on any atom is -0.390 e. The summed E-state index contributed by atoms with van der Waals surface area (Å²) < 4.78 is 29.5. The minimum absolute atomic E-state index is 0.0655. The molecule has 5 nitrogen and oxygen atoms in total. The summed E-state index contributed by atoms with van der Waals surface area (Å²) in [5, 5.41) is 17.1. The van der Waals surface area contributed by atoms with Gasteiger partial charge in [0.05, 0.1) is 12.1 Å². The van der Waals surface area contributed by atoms with E-state index in [9.17, 15) is 18.7 Å². The van der Waals surface area contributed by atoms with Crippen molar-refractivity contribution in [1.29, 1.82) is 0 Å². The normalized spacial score (nSPS) is 12.8. The Bertz CT molecular complexity index is 1290. The maximum atomic E-state index is 13.8. The summed E-state index contributed by atoms with van der Waals surface area (Å²) in [7, 11) is 0. The van der Waals surface area contributed by atoms with Gasteiger partial charge in [-0.05, 0) is 78.1 Å². The van der Waals surface area contributed by atoms with E-state index in [-0.39, 0.29) is 18.9 Å². The Kier molecular flexibility index (Phi) is 8.82. The fraction of sp³-hybridized carbons (Fsp3) is 0.233. The number of aryl methyl sites for hydroxylation is 1. The van der Waals surface area contributed by atoms with Crippen LogP contribution in [-0.2, 0) is 19.4 Å². The second-order valence-electron chi connectivity index (χ2n) is 9.07. The predicted molar refractivity (Wildman–Crippen MR) is 141 cm³/mol. The summed E-state index contributed by atoms with van der Waals surface area (Å²) >= 11 is 0. The lowest BCUT2D eigenvalue weighted by molar-refractivity contribution is 0.0830. The fourth-order valence-electron chi connectivity index (χ4n) is 4.28. The van der Waals surface area contributed by atoms with Gasteiger partial charge in [0.2, 0.25) is 0 Å². The van der Waals surface area contributed by atoms with Crippen molar-refractivity contribution in [3.8, 4) is 5.69 Å². The van der Waals surface area contributed by atoms with Gasteiger partial charge in [-0.3, -0.25) is 4.79 Å². The number of aromatic nitrogens is 1. The van der Waals surface area contributed by atoms with E-state index in [0.29, 0.717) is 17.7 Å². The van der Waals surface area contributed by atoms with E-state index in [1.54, 1.807) is 12.1 Å². The molecule has 0 radical (unpaired) electrons. The molecule has 1 heterocycles. The van der Waals surface area contributed by atoms with Gasteiger partial charge in [0.15, 0.2) is 0 Å². The van der Waals surface area contributed by atoms with Gasteiger partial charge >= 0.3 is 0 Å². The van der Waals surface area contributed by atoms with Crippen molar-refractivity contribution in [3.63, 3.8) is 0 Å². The van der Waals surface area contributed by atoms with E-state index < -0.39 is 23.8 Å². The van der Waals surface area contributed by atoms with Crippen molar-refractivity contribution < 1.29 is 18.7 Å². The molecule has 0 aliphatic rings. The van der Waals surface area contributed by atoms with E-state index in [1.165, 1.54) is 17.7 Å². The second kappa shape index (κ2) is 12.4. The van der Waals surface area contributed by atoms with Gasteiger partial charge in [0.1, 0.15) is 11.6 Å². The molecule has 3 N–H and O–H groups in total. The van der Waals surface area contributed by atoms with Crippen LogP contribution in [0.25, 0.3) is 5.69 Å². The zero-order valence-corrected chi connectivity index (χ0v) is 20.7. The Balaban J connectivity index is 1.45. The summed E-state index contributed by atoms with van der Waals surface area (Å²) in [6.45, 7) is 2.82. The van der Waals surface area contributed by atoms with Gasteiger partial charge in [-0.25, -0.2) is 8.78 Å². The van der Waals surface area contributed by atoms with Crippen molar-refractivity contribution in [2.24, 2.45) is 0 Å². The average molecular weight is 504 g/mol. The summed E-state index contributed by atoms with van der Waals surface area (Å²) in [4.78, 5) is 13.0. The first kappa shape index (κ1) is 26.3. The molecular weight excluding hydrogens is 472 g/mol. The van der Waals surface area contributed by atoms with E-state index >= 15 is 0 Å². The van der Waals surface area contributed by atoms with Crippen LogP contribution in [0.2, 0.25) is 0 Å². The molecule has 0 spiro atoms. The van der Waals surface area contributed by atoms with E-state index in [4.69, 9.17) is 0 Å². The molecule has 37 heavy (non-hydrogen) atoms. The molecule has 0 saturated carbocycles. The average Bonchev–Trinajstić information content (AvgIpc) is 3.43. The Morgan fingerprint density at radius 2 is 1.57 bits per heavy atom. The molecule has 3 aromatic carbocycles. The van der Waals surface area contributed by atoms with Crippen LogP contribution in [0.1, 0.15) is 34.0 Å². The monoisotopic (exact) mass is 503 g/mol. The van der Waals surface area contributed by atoms with Crippen molar-refractivity contribution in [2.75, 3.05) is 6.54 Å². The summed E-state index contributed by atoms with van der Waals surface area (Å²) in [5.74, 6) is -1.79. The highest BCUT2D eigenvalue weighted by Gasteiger charge is 2.23. The highest BCUT2D eigenvalue weighted by Crippen LogP contribution is 2.14. The van der Waals surface area contributed by atoms with Gasteiger partial charge in [0, 0.05) is 42.8 Å². The number of nitrogens with one attached hydrogen (secondary N) is 2. The van der Waals surface area contributed by atoms with Crippen LogP contribution >= 0.6 is 0 Å². The molecule has 7 heteroatoms. The van der Waals surface area contributed by atoms with Crippen LogP contribution in [0, 0.1) is 11.6 Å². The van der Waals surface area contributed by atoms with E-state index in [0.717, 1.165) is 23.7 Å². The topological polar surface area (TPSA) is 66.3 Å². The summed E-state index contributed by atoms with van der Waals surface area (Å²) in [5.41, 5.74) is 3.98. The zero-order chi connectivity index (χ0) is 26.2. The molecule has 0 aliphatic carbocycles. The quantitative estimate of drug-likeness (QED) is 0.275. The molecule has 1 amide bonds. The summed E-state index contributed by atoms with van der Waals surface area (Å²) in [6, 6.07) is 21.5. The van der Waals surface area contributed by atoms with Gasteiger partial charge in [-0.2, -0.15) is 0 Å². The lowest BCUT2D eigenvalue weighted by Gasteiger charge is -2.25. The minimum atomic E-state index is -0.996. The maximum absolute atomic E-state index is 13.8. The fourth-order valence-corrected chi connectivity index (χ4v) is 4.28. The van der Waals surface area contributed by atoms with Crippen molar-refractivity contribution in [1.82, 2.24) is 15.2 Å². The van der Waals surface area contributed by atoms with Gasteiger partial charge in [-0.15, -0.1) is 0 Å². The Hall–Kier alpha value is -3.81. The first-order valence-electron chi connectivity index (χ1n) is 12.4. The van der Waals surface area contributed by atoms with E-state index in [1.807, 2.05) is 53.4 Å². The van der Waals surface area contributed by atoms with Crippen LogP contribution in [0.15, 0.2) is 91.3 Å². The number of hydrogen-bond acceptors (Lipinski definition) is 3. The highest BCUT2D eigenvalue weighted by molar-refractivity contribution is 5.94. The number of benzene rings is 3. The number of amides is 1. The highest BCUT2D eigenvalue weighted by atomic mass is 19.1. The molecule has 1 aromatic heterocycles. The number of rotatable bonds is 11. The Morgan fingerprint density at radius 3 is 2.24 bits per heavy atom. The third-order valence-electron chi connectivity index (χ3n) is 6.27. The molecule has 4 rings (SSSR count). The van der Waals surface area contributed by atoms with E-state index in [2.05, 4.69) is 29.7 Å². The maximum Gasteiger partial charge on any atom is 0.251 e. The number of hydrogen-bond donors (Lipinski definition) is 3. The largest absolute Gasteiger partial charge is 0.390 e. The Labute approximate surface area is 215 Å². The second-order valence-corrected chi connectivity index (χ2v) is 9.07. The molecule has 0 fully saturated rings. The van der Waals surface area contributed by atoms with Gasteiger partial charge in [-0.1, -0.05) is 31.2 Å². The van der Waals surface area contributed by atoms with Gasteiger partial charge < -0.3 is 20.3 Å². The summed E-state index contributed by atoms with van der Waals surface area (Å²) in [6.07, 6.45) is 3.82. The van der Waals surface area contributed by atoms with Gasteiger partial charge in [0.25, 0.3) is 5.91 Å². The number of halogens is 2. The number of aliphatic hydroxyl groups excluding tert-OH is 1. The molecule has 0 bridgehead atoms. The third-order valence-corrected chi connectivity index (χ3v) is 6.27. The first-order valence-corrected chi connectivity index (χ1v) is 12.4. The van der Waals surface area contributed by atoms with Crippen LogP contribution in [0.4, 0.5) is 8.78 Å². The molecule has 4 aromatic rings. The predicted octanol–water partition coefficient (Wildman–Crippen LogP) is 4.81. The van der Waals surface area contributed by atoms with Crippen LogP contribution in [-0.4, -0.2) is 34.3 Å². The number of carbonyl (C=O) groups is 1. The standard InChI is InChI=1S/C30H31F2N3O2/c1-2-21-6-5-7-22(14-21)19-33-20-29(36)28(17-23-15-25(31)18-26(32)16-23)34-30(37)24-8-10-27(11-9-24)35-12-3-4-13-35/h3-16,18,28-29,33,36H,2,17,19-20H2,1H3,(H,34,37)/t28-,29-/m0/s1.